The zero-order valence-electron chi connectivity index (χ0n) is 10.1. The molecule has 4 heteroatoms. The van der Waals surface area contributed by atoms with Gasteiger partial charge in [-0.25, -0.2) is 8.78 Å². The van der Waals surface area contributed by atoms with Crippen LogP contribution in [-0.2, 0) is 11.2 Å². The van der Waals surface area contributed by atoms with E-state index in [-0.39, 0.29) is 12.2 Å². The van der Waals surface area contributed by atoms with Crippen molar-refractivity contribution in [3.63, 3.8) is 0 Å². The molecular weight excluding hydrogens is 248 g/mol. The van der Waals surface area contributed by atoms with E-state index in [1.165, 1.54) is 6.07 Å². The van der Waals surface area contributed by atoms with Crippen molar-refractivity contribution in [3.8, 4) is 0 Å². The Kier molecular flexibility index (Phi) is 4.02. The molecule has 0 saturated heterocycles. The van der Waals surface area contributed by atoms with E-state index in [9.17, 15) is 13.6 Å². The molecule has 0 amide bonds. The molecule has 1 atom stereocenters. The normalized spacial score (nSPS) is 12.2. The summed E-state index contributed by atoms with van der Waals surface area (Å²) in [7, 11) is 0. The van der Waals surface area contributed by atoms with E-state index < -0.39 is 17.7 Å². The zero-order chi connectivity index (χ0) is 13.8. The third-order valence-corrected chi connectivity index (χ3v) is 2.87. The number of halogens is 2. The molecule has 2 aromatic carbocycles. The van der Waals surface area contributed by atoms with Gasteiger partial charge in [-0.05, 0) is 23.3 Å². The summed E-state index contributed by atoms with van der Waals surface area (Å²) >= 11 is 0. The van der Waals surface area contributed by atoms with Gasteiger partial charge in [0.05, 0.1) is 6.04 Å². The van der Waals surface area contributed by atoms with Gasteiger partial charge in [-0.2, -0.15) is 0 Å². The molecule has 2 N–H and O–H groups in total. The Labute approximate surface area is 109 Å². The van der Waals surface area contributed by atoms with Crippen LogP contribution in [0.5, 0.6) is 0 Å². The van der Waals surface area contributed by atoms with Crippen LogP contribution >= 0.6 is 0 Å². The van der Waals surface area contributed by atoms with Gasteiger partial charge in [0.1, 0.15) is 0 Å². The first-order chi connectivity index (χ1) is 9.08. The van der Waals surface area contributed by atoms with E-state index in [2.05, 4.69) is 0 Å². The van der Waals surface area contributed by atoms with Gasteiger partial charge in [0, 0.05) is 6.42 Å². The fraction of sp³-hybridized carbons (Fsp3) is 0.133. The molecule has 0 spiro atoms. The van der Waals surface area contributed by atoms with Crippen molar-refractivity contribution in [2.45, 2.75) is 12.5 Å². The topological polar surface area (TPSA) is 43.1 Å². The molecule has 0 unspecified atom stereocenters. The van der Waals surface area contributed by atoms with Gasteiger partial charge in [-0.3, -0.25) is 4.79 Å². The Morgan fingerprint density at radius 2 is 1.74 bits per heavy atom. The van der Waals surface area contributed by atoms with Crippen molar-refractivity contribution in [3.05, 3.63) is 71.3 Å². The third-order valence-electron chi connectivity index (χ3n) is 2.87. The van der Waals surface area contributed by atoms with Crippen molar-refractivity contribution in [2.24, 2.45) is 5.73 Å². The van der Waals surface area contributed by atoms with E-state index in [4.69, 9.17) is 5.73 Å². The average Bonchev–Trinajstić information content (AvgIpc) is 2.43. The standard InChI is InChI=1S/C15H13F2NO/c16-12-7-6-10(8-13(12)17)9-14(19)15(18)11-4-2-1-3-5-11/h1-8,15H,9,18H2/t15-/m1/s1. The number of ketones is 1. The summed E-state index contributed by atoms with van der Waals surface area (Å²) in [6.07, 6.45) is -0.0206. The first-order valence-electron chi connectivity index (χ1n) is 5.85. The number of benzene rings is 2. The lowest BCUT2D eigenvalue weighted by Gasteiger charge is -2.11. The fourth-order valence-corrected chi connectivity index (χ4v) is 1.81. The molecular formula is C15H13F2NO. The van der Waals surface area contributed by atoms with Crippen LogP contribution in [0.3, 0.4) is 0 Å². The van der Waals surface area contributed by atoms with Gasteiger partial charge in [-0.1, -0.05) is 36.4 Å². The number of hydrogen-bond donors (Lipinski definition) is 1. The zero-order valence-corrected chi connectivity index (χ0v) is 10.1. The van der Waals surface area contributed by atoms with Crippen LogP contribution in [0, 0.1) is 11.6 Å². The Morgan fingerprint density at radius 3 is 2.37 bits per heavy atom. The van der Waals surface area contributed by atoms with Gasteiger partial charge in [0.2, 0.25) is 0 Å². The van der Waals surface area contributed by atoms with Gasteiger partial charge in [-0.15, -0.1) is 0 Å². The van der Waals surface area contributed by atoms with Crippen LogP contribution in [0.25, 0.3) is 0 Å². The fourth-order valence-electron chi connectivity index (χ4n) is 1.81. The van der Waals surface area contributed by atoms with Crippen LogP contribution in [-0.4, -0.2) is 5.78 Å². The third kappa shape index (κ3) is 3.23. The second-order valence-electron chi connectivity index (χ2n) is 4.28. The highest BCUT2D eigenvalue weighted by molar-refractivity contribution is 5.87. The highest BCUT2D eigenvalue weighted by Crippen LogP contribution is 2.15. The molecule has 0 fully saturated rings. The maximum Gasteiger partial charge on any atom is 0.159 e. The monoisotopic (exact) mass is 261 g/mol. The molecule has 19 heavy (non-hydrogen) atoms. The smallest absolute Gasteiger partial charge is 0.159 e. The first-order valence-corrected chi connectivity index (χ1v) is 5.85. The molecule has 0 aromatic heterocycles. The van der Waals surface area contributed by atoms with Crippen molar-refractivity contribution in [1.29, 1.82) is 0 Å². The van der Waals surface area contributed by atoms with Crippen molar-refractivity contribution in [2.75, 3.05) is 0 Å². The van der Waals surface area contributed by atoms with Crippen molar-refractivity contribution >= 4 is 5.78 Å². The lowest BCUT2D eigenvalue weighted by atomic mass is 9.98. The molecule has 0 aliphatic rings. The van der Waals surface area contributed by atoms with Crippen LogP contribution in [0.2, 0.25) is 0 Å². The molecule has 0 aliphatic carbocycles. The maximum absolute atomic E-state index is 13.0. The van der Waals surface area contributed by atoms with E-state index in [0.29, 0.717) is 11.1 Å². The van der Waals surface area contributed by atoms with Crippen LogP contribution in [0.1, 0.15) is 17.2 Å². The minimum atomic E-state index is -0.960. The lowest BCUT2D eigenvalue weighted by molar-refractivity contribution is -0.119. The number of carbonyl (C=O) groups excluding carboxylic acids is 1. The molecule has 0 bridgehead atoms. The summed E-state index contributed by atoms with van der Waals surface area (Å²) < 4.78 is 25.8. The van der Waals surface area contributed by atoms with E-state index in [1.54, 1.807) is 24.3 Å². The summed E-state index contributed by atoms with van der Waals surface area (Å²) in [5.74, 6) is -2.13. The van der Waals surface area contributed by atoms with E-state index in [0.717, 1.165) is 12.1 Å². The van der Waals surface area contributed by atoms with Crippen molar-refractivity contribution in [1.82, 2.24) is 0 Å². The molecule has 0 saturated carbocycles. The number of rotatable bonds is 4. The Balaban J connectivity index is 2.10. The summed E-state index contributed by atoms with van der Waals surface area (Å²) in [5.41, 5.74) is 6.95. The molecule has 0 aliphatic heterocycles. The number of Topliss-reactive ketones (excluding diaryl/α,β-unsaturated/α-hetero) is 1. The Morgan fingerprint density at radius 1 is 1.05 bits per heavy atom. The molecule has 98 valence electrons. The van der Waals surface area contributed by atoms with Crippen molar-refractivity contribution < 1.29 is 13.6 Å². The van der Waals surface area contributed by atoms with E-state index in [1.807, 2.05) is 6.07 Å². The molecule has 0 radical (unpaired) electrons. The maximum atomic E-state index is 13.0. The summed E-state index contributed by atoms with van der Waals surface area (Å²) in [4.78, 5) is 12.0. The predicted molar refractivity (Wildman–Crippen MR) is 68.4 cm³/mol. The molecule has 0 heterocycles. The first kappa shape index (κ1) is 13.4. The molecule has 2 rings (SSSR count). The Hall–Kier alpha value is -2.07. The second-order valence-corrected chi connectivity index (χ2v) is 4.28. The molecule has 2 nitrogen and oxygen atoms in total. The SMILES string of the molecule is N[C@@H](C(=O)Cc1ccc(F)c(F)c1)c1ccccc1. The molecule has 2 aromatic rings. The van der Waals surface area contributed by atoms with Gasteiger partial charge < -0.3 is 5.73 Å². The second kappa shape index (κ2) is 5.71. The van der Waals surface area contributed by atoms with Gasteiger partial charge in [0.15, 0.2) is 17.4 Å². The lowest BCUT2D eigenvalue weighted by Crippen LogP contribution is -2.23. The van der Waals surface area contributed by atoms with E-state index >= 15 is 0 Å². The van der Waals surface area contributed by atoms with Gasteiger partial charge >= 0.3 is 0 Å². The Bertz CT molecular complexity index is 584. The van der Waals surface area contributed by atoms with Gasteiger partial charge in [0.25, 0.3) is 0 Å². The summed E-state index contributed by atoms with van der Waals surface area (Å²) in [6.45, 7) is 0. The minimum absolute atomic E-state index is 0.0206. The van der Waals surface area contributed by atoms with Crippen LogP contribution < -0.4 is 5.73 Å². The highest BCUT2D eigenvalue weighted by Gasteiger charge is 2.16. The quantitative estimate of drug-likeness (QED) is 0.919. The average molecular weight is 261 g/mol. The van der Waals surface area contributed by atoms with Crippen LogP contribution in [0.4, 0.5) is 8.78 Å². The predicted octanol–water partition coefficient (Wildman–Crippen LogP) is 2.78. The number of hydrogen-bond acceptors (Lipinski definition) is 2. The highest BCUT2D eigenvalue weighted by atomic mass is 19.2. The number of carbonyl (C=O) groups is 1. The largest absolute Gasteiger partial charge is 0.318 e. The minimum Gasteiger partial charge on any atom is -0.318 e. The summed E-state index contributed by atoms with van der Waals surface area (Å²) in [5, 5.41) is 0. The summed E-state index contributed by atoms with van der Waals surface area (Å²) in [6, 6.07) is 11.6. The van der Waals surface area contributed by atoms with Crippen LogP contribution in [0.15, 0.2) is 48.5 Å². The number of nitrogens with two attached hydrogens (primary N) is 1.